The second kappa shape index (κ2) is 3.40. The quantitative estimate of drug-likeness (QED) is 0.609. The minimum absolute atomic E-state index is 0.128. The summed E-state index contributed by atoms with van der Waals surface area (Å²) in [6, 6.07) is 0.678. The second-order valence-corrected chi connectivity index (χ2v) is 3.75. The zero-order valence-electron chi connectivity index (χ0n) is 7.74. The minimum atomic E-state index is -0.128. The van der Waals surface area contributed by atoms with Gasteiger partial charge in [0.25, 0.3) is 0 Å². The van der Waals surface area contributed by atoms with Crippen LogP contribution in [0.4, 0.5) is 4.79 Å². The highest BCUT2D eigenvalue weighted by atomic mass is 16.6. The van der Waals surface area contributed by atoms with E-state index in [2.05, 4.69) is 6.58 Å². The Hall–Kier alpha value is -0.990. The van der Waals surface area contributed by atoms with Crippen molar-refractivity contribution in [2.75, 3.05) is 6.61 Å². The third-order valence-electron chi connectivity index (χ3n) is 2.91. The van der Waals surface area contributed by atoms with Crippen LogP contribution in [0.2, 0.25) is 0 Å². The fraction of sp³-hybridized carbons (Fsp3) is 0.700. The molecule has 2 aliphatic heterocycles. The molecule has 3 nitrogen and oxygen atoms in total. The molecule has 1 amide bonds. The van der Waals surface area contributed by atoms with Crippen molar-refractivity contribution in [1.29, 1.82) is 0 Å². The Balaban J connectivity index is 2.09. The van der Waals surface area contributed by atoms with Crippen LogP contribution >= 0.6 is 0 Å². The van der Waals surface area contributed by atoms with Gasteiger partial charge in [-0.3, -0.25) is 4.90 Å². The smallest absolute Gasteiger partial charge is 0.410 e. The number of fused-ring (bicyclic) bond motifs is 1. The van der Waals surface area contributed by atoms with Gasteiger partial charge in [0.1, 0.15) is 6.61 Å². The Bertz CT molecular complexity index is 227. The fourth-order valence-electron chi connectivity index (χ4n) is 2.29. The van der Waals surface area contributed by atoms with Crippen LogP contribution in [-0.4, -0.2) is 29.7 Å². The Labute approximate surface area is 78.4 Å². The van der Waals surface area contributed by atoms with Gasteiger partial charge in [-0.05, 0) is 25.7 Å². The van der Waals surface area contributed by atoms with E-state index in [0.29, 0.717) is 18.7 Å². The molecule has 0 aromatic carbocycles. The first-order valence-electron chi connectivity index (χ1n) is 4.89. The zero-order chi connectivity index (χ0) is 9.26. The molecule has 2 rings (SSSR count). The van der Waals surface area contributed by atoms with E-state index in [4.69, 9.17) is 4.74 Å². The number of hydrogen-bond donors (Lipinski definition) is 0. The highest BCUT2D eigenvalue weighted by molar-refractivity contribution is 5.70. The molecule has 0 N–H and O–H groups in total. The monoisotopic (exact) mass is 181 g/mol. The van der Waals surface area contributed by atoms with E-state index in [9.17, 15) is 4.79 Å². The Kier molecular flexibility index (Phi) is 2.25. The normalized spacial score (nSPS) is 32.6. The minimum Gasteiger partial charge on any atom is -0.447 e. The van der Waals surface area contributed by atoms with Crippen LogP contribution < -0.4 is 0 Å². The van der Waals surface area contributed by atoms with Crippen molar-refractivity contribution < 1.29 is 9.53 Å². The van der Waals surface area contributed by atoms with E-state index in [1.807, 2.05) is 11.0 Å². The van der Waals surface area contributed by atoms with Crippen molar-refractivity contribution in [2.45, 2.75) is 37.8 Å². The molecule has 0 radical (unpaired) electrons. The molecule has 2 aliphatic rings. The molecular formula is C10H15NO2. The first-order chi connectivity index (χ1) is 6.33. The van der Waals surface area contributed by atoms with Gasteiger partial charge in [-0.1, -0.05) is 6.08 Å². The molecule has 0 bridgehead atoms. The molecule has 0 aromatic heterocycles. The summed E-state index contributed by atoms with van der Waals surface area (Å²) in [5.74, 6) is 0. The summed E-state index contributed by atoms with van der Waals surface area (Å²) in [7, 11) is 0. The van der Waals surface area contributed by atoms with Crippen LogP contribution in [0.3, 0.4) is 0 Å². The maximum Gasteiger partial charge on any atom is 0.410 e. The lowest BCUT2D eigenvalue weighted by Gasteiger charge is -2.34. The number of cyclic esters (lactones) is 1. The molecule has 2 atom stereocenters. The summed E-state index contributed by atoms with van der Waals surface area (Å²) in [5, 5.41) is 0. The summed E-state index contributed by atoms with van der Waals surface area (Å²) < 4.78 is 5.03. The summed E-state index contributed by atoms with van der Waals surface area (Å²) in [6.07, 6.45) is 6.05. The van der Waals surface area contributed by atoms with Gasteiger partial charge >= 0.3 is 6.09 Å². The highest BCUT2D eigenvalue weighted by Gasteiger charge is 2.39. The van der Waals surface area contributed by atoms with Crippen molar-refractivity contribution in [1.82, 2.24) is 4.90 Å². The average molecular weight is 181 g/mol. The van der Waals surface area contributed by atoms with Gasteiger partial charge in [0, 0.05) is 6.04 Å². The topological polar surface area (TPSA) is 29.5 Å². The number of rotatable bonds is 2. The van der Waals surface area contributed by atoms with E-state index >= 15 is 0 Å². The maximum absolute atomic E-state index is 11.4. The lowest BCUT2D eigenvalue weighted by Crippen LogP contribution is -2.45. The van der Waals surface area contributed by atoms with Crippen LogP contribution in [0, 0.1) is 0 Å². The Morgan fingerprint density at radius 3 is 3.23 bits per heavy atom. The molecule has 2 fully saturated rings. The van der Waals surface area contributed by atoms with E-state index < -0.39 is 0 Å². The molecule has 0 aliphatic carbocycles. The van der Waals surface area contributed by atoms with Crippen molar-refractivity contribution in [2.24, 2.45) is 0 Å². The lowest BCUT2D eigenvalue weighted by atomic mass is 9.95. The molecule has 13 heavy (non-hydrogen) atoms. The molecule has 2 heterocycles. The van der Waals surface area contributed by atoms with Gasteiger partial charge in [-0.15, -0.1) is 6.58 Å². The molecular weight excluding hydrogens is 166 g/mol. The molecule has 3 heteroatoms. The largest absolute Gasteiger partial charge is 0.447 e. The van der Waals surface area contributed by atoms with E-state index in [-0.39, 0.29) is 6.09 Å². The molecule has 2 saturated heterocycles. The van der Waals surface area contributed by atoms with Crippen LogP contribution in [0.25, 0.3) is 0 Å². The number of nitrogens with zero attached hydrogens (tertiary/aromatic N) is 1. The Morgan fingerprint density at radius 2 is 2.46 bits per heavy atom. The van der Waals surface area contributed by atoms with Crippen molar-refractivity contribution in [3.8, 4) is 0 Å². The summed E-state index contributed by atoms with van der Waals surface area (Å²) >= 11 is 0. The zero-order valence-corrected chi connectivity index (χ0v) is 7.74. The van der Waals surface area contributed by atoms with E-state index in [1.54, 1.807) is 0 Å². The average Bonchev–Trinajstić information content (AvgIpc) is 2.50. The molecule has 0 aromatic rings. The van der Waals surface area contributed by atoms with Gasteiger partial charge in [0.2, 0.25) is 0 Å². The predicted octanol–water partition coefficient (Wildman–Crippen LogP) is 1.94. The van der Waals surface area contributed by atoms with Crippen LogP contribution in [0.15, 0.2) is 12.7 Å². The number of carbonyl (C=O) groups is 1. The second-order valence-electron chi connectivity index (χ2n) is 3.75. The van der Waals surface area contributed by atoms with Crippen LogP contribution in [0.5, 0.6) is 0 Å². The summed E-state index contributed by atoms with van der Waals surface area (Å²) in [5.41, 5.74) is 0. The van der Waals surface area contributed by atoms with Gasteiger partial charge in [0.15, 0.2) is 0 Å². The molecule has 0 unspecified atom stereocenters. The number of carbonyl (C=O) groups excluding carboxylic acids is 1. The number of piperidine rings is 1. The first kappa shape index (κ1) is 8.60. The number of hydrogen-bond acceptors (Lipinski definition) is 2. The van der Waals surface area contributed by atoms with Crippen molar-refractivity contribution in [3.05, 3.63) is 12.7 Å². The van der Waals surface area contributed by atoms with E-state index in [1.165, 1.54) is 6.42 Å². The first-order valence-corrected chi connectivity index (χ1v) is 4.89. The molecule has 72 valence electrons. The maximum atomic E-state index is 11.4. The third kappa shape index (κ3) is 1.43. The van der Waals surface area contributed by atoms with Gasteiger partial charge in [-0.25, -0.2) is 4.79 Å². The lowest BCUT2D eigenvalue weighted by molar-refractivity contribution is 0.129. The highest BCUT2D eigenvalue weighted by Crippen LogP contribution is 2.29. The van der Waals surface area contributed by atoms with Crippen molar-refractivity contribution >= 4 is 6.09 Å². The fourth-order valence-corrected chi connectivity index (χ4v) is 2.29. The van der Waals surface area contributed by atoms with Gasteiger partial charge in [-0.2, -0.15) is 0 Å². The third-order valence-corrected chi connectivity index (χ3v) is 2.91. The number of amides is 1. The number of ether oxygens (including phenoxy) is 1. The summed E-state index contributed by atoms with van der Waals surface area (Å²) in [4.78, 5) is 13.3. The standard InChI is InChI=1S/C10H15NO2/c1-2-4-8-5-3-6-9-7-13-10(12)11(8)9/h2,8-9H,1,3-7H2/t8-,9+/m1/s1. The van der Waals surface area contributed by atoms with Gasteiger partial charge in [0.05, 0.1) is 6.04 Å². The Morgan fingerprint density at radius 1 is 1.62 bits per heavy atom. The van der Waals surface area contributed by atoms with E-state index in [0.717, 1.165) is 19.3 Å². The van der Waals surface area contributed by atoms with Crippen LogP contribution in [-0.2, 0) is 4.74 Å². The molecule has 0 saturated carbocycles. The van der Waals surface area contributed by atoms with Gasteiger partial charge < -0.3 is 4.74 Å². The predicted molar refractivity (Wildman–Crippen MR) is 49.4 cm³/mol. The SMILES string of the molecule is C=CC[C@@H]1CCC[C@H]2COC(=O)N12. The van der Waals surface area contributed by atoms with Crippen LogP contribution in [0.1, 0.15) is 25.7 Å². The van der Waals surface area contributed by atoms with Crippen molar-refractivity contribution in [3.63, 3.8) is 0 Å². The summed E-state index contributed by atoms with van der Waals surface area (Å²) in [6.45, 7) is 4.30. The molecule has 0 spiro atoms.